The van der Waals surface area contributed by atoms with Gasteiger partial charge < -0.3 is 14.8 Å². The molecule has 1 aliphatic carbocycles. The summed E-state index contributed by atoms with van der Waals surface area (Å²) in [5, 5.41) is 2.71. The second-order valence-electron chi connectivity index (χ2n) is 5.44. The van der Waals surface area contributed by atoms with E-state index in [2.05, 4.69) is 12.2 Å². The zero-order chi connectivity index (χ0) is 15.6. The number of hydrogen-bond acceptors (Lipinski definition) is 4. The van der Waals surface area contributed by atoms with Crippen LogP contribution in [0.2, 0.25) is 0 Å². The molecule has 122 valence electrons. The fourth-order valence-electron chi connectivity index (χ4n) is 2.46. The molecule has 0 aromatic carbocycles. The van der Waals surface area contributed by atoms with Crippen molar-refractivity contribution in [2.45, 2.75) is 63.8 Å². The monoisotopic (exact) mass is 319 g/mol. The Morgan fingerprint density at radius 2 is 1.76 bits per heavy atom. The van der Waals surface area contributed by atoms with Crippen molar-refractivity contribution in [1.29, 1.82) is 0 Å². The van der Waals surface area contributed by atoms with Crippen molar-refractivity contribution in [2.75, 3.05) is 19.1 Å². The van der Waals surface area contributed by atoms with E-state index in [4.69, 9.17) is 21.1 Å². The third kappa shape index (κ3) is 6.12. The SMILES string of the molecule is CCCCCOC(=O)C1(NC(=O)OCCCCl)CCCC1. The number of alkyl halides is 1. The van der Waals surface area contributed by atoms with Crippen LogP contribution in [0.15, 0.2) is 0 Å². The van der Waals surface area contributed by atoms with Gasteiger partial charge in [0.2, 0.25) is 0 Å². The Kier molecular flexibility index (Phi) is 8.50. The molecule has 0 saturated heterocycles. The number of hydrogen-bond donors (Lipinski definition) is 1. The summed E-state index contributed by atoms with van der Waals surface area (Å²) in [5.74, 6) is 0.114. The minimum absolute atomic E-state index is 0.261. The van der Waals surface area contributed by atoms with Crippen molar-refractivity contribution in [3.63, 3.8) is 0 Å². The van der Waals surface area contributed by atoms with Gasteiger partial charge in [0.15, 0.2) is 0 Å². The van der Waals surface area contributed by atoms with Crippen LogP contribution in [0.3, 0.4) is 0 Å². The van der Waals surface area contributed by atoms with Gasteiger partial charge in [-0.3, -0.25) is 0 Å². The quantitative estimate of drug-likeness (QED) is 0.402. The average Bonchev–Trinajstić information content (AvgIpc) is 2.93. The first kappa shape index (κ1) is 18.1. The van der Waals surface area contributed by atoms with Crippen LogP contribution in [-0.4, -0.2) is 36.7 Å². The molecular weight excluding hydrogens is 294 g/mol. The molecule has 0 bridgehead atoms. The Morgan fingerprint density at radius 1 is 1.10 bits per heavy atom. The summed E-state index contributed by atoms with van der Waals surface area (Å²) in [5.41, 5.74) is -0.899. The minimum atomic E-state index is -0.899. The van der Waals surface area contributed by atoms with Crippen molar-refractivity contribution in [2.24, 2.45) is 0 Å². The van der Waals surface area contributed by atoms with E-state index in [0.29, 0.717) is 31.7 Å². The normalized spacial score (nSPS) is 16.5. The molecule has 1 fully saturated rings. The summed E-state index contributed by atoms with van der Waals surface area (Å²) in [7, 11) is 0. The lowest BCUT2D eigenvalue weighted by molar-refractivity contribution is -0.151. The van der Waals surface area contributed by atoms with E-state index in [1.807, 2.05) is 0 Å². The van der Waals surface area contributed by atoms with Crippen LogP contribution in [0.1, 0.15) is 58.3 Å². The lowest BCUT2D eigenvalue weighted by Gasteiger charge is -2.27. The van der Waals surface area contributed by atoms with Crippen molar-refractivity contribution in [3.05, 3.63) is 0 Å². The molecular formula is C15H26ClNO4. The number of amides is 1. The van der Waals surface area contributed by atoms with E-state index in [9.17, 15) is 9.59 Å². The molecule has 6 heteroatoms. The zero-order valence-electron chi connectivity index (χ0n) is 12.8. The highest BCUT2D eigenvalue weighted by Crippen LogP contribution is 2.31. The van der Waals surface area contributed by atoms with Crippen molar-refractivity contribution >= 4 is 23.7 Å². The highest BCUT2D eigenvalue weighted by molar-refractivity contribution is 6.17. The molecule has 0 unspecified atom stereocenters. The van der Waals surface area contributed by atoms with Crippen LogP contribution in [0.5, 0.6) is 0 Å². The number of nitrogens with one attached hydrogen (secondary N) is 1. The Balaban J connectivity index is 2.45. The van der Waals surface area contributed by atoms with E-state index in [-0.39, 0.29) is 12.6 Å². The predicted molar refractivity (Wildman–Crippen MR) is 81.5 cm³/mol. The fourth-order valence-corrected chi connectivity index (χ4v) is 2.57. The molecule has 0 radical (unpaired) electrons. The van der Waals surface area contributed by atoms with Gasteiger partial charge in [-0.15, -0.1) is 11.6 Å². The molecule has 1 saturated carbocycles. The third-order valence-electron chi connectivity index (χ3n) is 3.68. The van der Waals surface area contributed by atoms with Gasteiger partial charge in [0.1, 0.15) is 5.54 Å². The van der Waals surface area contributed by atoms with Gasteiger partial charge in [0, 0.05) is 5.88 Å². The maximum absolute atomic E-state index is 12.3. The third-order valence-corrected chi connectivity index (χ3v) is 3.95. The van der Waals surface area contributed by atoms with Gasteiger partial charge in [-0.05, 0) is 25.7 Å². The highest BCUT2D eigenvalue weighted by Gasteiger charge is 2.44. The lowest BCUT2D eigenvalue weighted by atomic mass is 9.98. The molecule has 1 aliphatic rings. The molecule has 1 N–H and O–H groups in total. The van der Waals surface area contributed by atoms with Crippen LogP contribution >= 0.6 is 11.6 Å². The molecule has 21 heavy (non-hydrogen) atoms. The number of esters is 1. The molecule has 0 atom stereocenters. The molecule has 5 nitrogen and oxygen atoms in total. The molecule has 0 aliphatic heterocycles. The van der Waals surface area contributed by atoms with Crippen molar-refractivity contribution < 1.29 is 19.1 Å². The lowest BCUT2D eigenvalue weighted by Crippen LogP contribution is -2.53. The molecule has 0 spiro atoms. The maximum Gasteiger partial charge on any atom is 0.408 e. The van der Waals surface area contributed by atoms with Crippen molar-refractivity contribution in [1.82, 2.24) is 5.32 Å². The summed E-state index contributed by atoms with van der Waals surface area (Å²) in [4.78, 5) is 24.1. The first-order valence-corrected chi connectivity index (χ1v) is 8.36. The van der Waals surface area contributed by atoms with Gasteiger partial charge in [0.25, 0.3) is 0 Å². The van der Waals surface area contributed by atoms with Crippen LogP contribution in [0.4, 0.5) is 4.79 Å². The van der Waals surface area contributed by atoms with E-state index in [1.165, 1.54) is 0 Å². The van der Waals surface area contributed by atoms with Crippen LogP contribution < -0.4 is 5.32 Å². The first-order valence-electron chi connectivity index (χ1n) is 7.83. The van der Waals surface area contributed by atoms with Gasteiger partial charge in [-0.25, -0.2) is 9.59 Å². The summed E-state index contributed by atoms with van der Waals surface area (Å²) in [6.07, 6.45) is 6.06. The van der Waals surface area contributed by atoms with Crippen molar-refractivity contribution in [3.8, 4) is 0 Å². The van der Waals surface area contributed by atoms with Gasteiger partial charge in [-0.2, -0.15) is 0 Å². The standard InChI is InChI=1S/C15H26ClNO4/c1-2-3-6-11-20-13(18)15(8-4-5-9-15)17-14(19)21-12-7-10-16/h2-12H2,1H3,(H,17,19). The number of ether oxygens (including phenoxy) is 2. The highest BCUT2D eigenvalue weighted by atomic mass is 35.5. The summed E-state index contributed by atoms with van der Waals surface area (Å²) in [6.45, 7) is 2.77. The number of rotatable bonds is 9. The number of alkyl carbamates (subject to hydrolysis) is 1. The summed E-state index contributed by atoms with van der Waals surface area (Å²) >= 11 is 5.53. The molecule has 0 heterocycles. The Morgan fingerprint density at radius 3 is 2.38 bits per heavy atom. The first-order chi connectivity index (χ1) is 10.1. The van der Waals surface area contributed by atoms with Crippen LogP contribution in [0.25, 0.3) is 0 Å². The topological polar surface area (TPSA) is 64.6 Å². The number of carbonyl (C=O) groups is 2. The molecule has 0 aromatic heterocycles. The maximum atomic E-state index is 12.3. The van der Waals surface area contributed by atoms with E-state index < -0.39 is 11.6 Å². The summed E-state index contributed by atoms with van der Waals surface area (Å²) < 4.78 is 10.3. The average molecular weight is 320 g/mol. The smallest absolute Gasteiger partial charge is 0.408 e. The minimum Gasteiger partial charge on any atom is -0.464 e. The Bertz CT molecular complexity index is 330. The van der Waals surface area contributed by atoms with Gasteiger partial charge in [0.05, 0.1) is 13.2 Å². The van der Waals surface area contributed by atoms with Gasteiger partial charge >= 0.3 is 12.1 Å². The second kappa shape index (κ2) is 9.87. The van der Waals surface area contributed by atoms with Gasteiger partial charge in [-0.1, -0.05) is 32.6 Å². The Hall–Kier alpha value is -0.970. The van der Waals surface area contributed by atoms with E-state index in [1.54, 1.807) is 0 Å². The molecule has 1 rings (SSSR count). The Labute approximate surface area is 131 Å². The number of unbranched alkanes of at least 4 members (excludes halogenated alkanes) is 2. The number of carbonyl (C=O) groups excluding carboxylic acids is 2. The molecule has 1 amide bonds. The predicted octanol–water partition coefficient (Wildman–Crippen LogP) is 3.39. The fraction of sp³-hybridized carbons (Fsp3) is 0.867. The molecule has 0 aromatic rings. The van der Waals surface area contributed by atoms with E-state index >= 15 is 0 Å². The number of halogens is 1. The largest absolute Gasteiger partial charge is 0.464 e. The summed E-state index contributed by atoms with van der Waals surface area (Å²) in [6, 6.07) is 0. The van der Waals surface area contributed by atoms with Crippen LogP contribution in [-0.2, 0) is 14.3 Å². The van der Waals surface area contributed by atoms with E-state index in [0.717, 1.165) is 32.1 Å². The second-order valence-corrected chi connectivity index (χ2v) is 5.81. The zero-order valence-corrected chi connectivity index (χ0v) is 13.5. The van der Waals surface area contributed by atoms with Crippen LogP contribution in [0, 0.1) is 0 Å².